The lowest BCUT2D eigenvalue weighted by Crippen LogP contribution is -2.47. The normalized spacial score (nSPS) is 19.6. The maximum absolute atomic E-state index is 13.1. The lowest BCUT2D eigenvalue weighted by molar-refractivity contribution is 0.280. The molecule has 180 valence electrons. The van der Waals surface area contributed by atoms with Gasteiger partial charge in [0.25, 0.3) is 5.56 Å². The predicted molar refractivity (Wildman–Crippen MR) is 133 cm³/mol. The maximum atomic E-state index is 13.1. The Kier molecular flexibility index (Phi) is 6.67. The molecule has 1 saturated heterocycles. The Morgan fingerprint density at radius 1 is 1.15 bits per heavy atom. The second-order valence-electron chi connectivity index (χ2n) is 9.60. The van der Waals surface area contributed by atoms with Crippen LogP contribution in [-0.2, 0) is 0 Å². The molecule has 2 atom stereocenters. The lowest BCUT2D eigenvalue weighted by atomic mass is 9.85. The Morgan fingerprint density at radius 3 is 2.79 bits per heavy atom. The highest BCUT2D eigenvalue weighted by atomic mass is 16.5. The van der Waals surface area contributed by atoms with Gasteiger partial charge in [-0.2, -0.15) is 5.10 Å². The van der Waals surface area contributed by atoms with Crippen LogP contribution in [0, 0.1) is 5.92 Å². The zero-order valence-electron chi connectivity index (χ0n) is 20.1. The summed E-state index contributed by atoms with van der Waals surface area (Å²) in [4.78, 5) is 19.6. The van der Waals surface area contributed by atoms with Crippen LogP contribution in [0.4, 0.5) is 5.69 Å². The first kappa shape index (κ1) is 22.7. The number of nitrogens with one attached hydrogen (secondary N) is 1. The lowest BCUT2D eigenvalue weighted by Gasteiger charge is -2.36. The third-order valence-corrected chi connectivity index (χ3v) is 7.34. The van der Waals surface area contributed by atoms with Crippen molar-refractivity contribution in [1.29, 1.82) is 0 Å². The standard InChI is InChI=1S/C26H34N6O2/c1-19(21-14-29-32(17-21)24-11-25(34-2)16-27-15-24)31-10-8-23(12-26(31)33)30-9-4-7-22(18-30)28-13-20-5-3-6-20/h8,10-12,14-17,19-20,22,28H,3-7,9,13,18H2,1-2H3/t19?,22-/m1/s1. The number of ether oxygens (including phenoxy) is 1. The average Bonchev–Trinajstić information content (AvgIpc) is 3.33. The number of nitrogens with zero attached hydrogens (tertiary/aromatic N) is 5. The topological polar surface area (TPSA) is 77.2 Å². The van der Waals surface area contributed by atoms with Crippen molar-refractivity contribution in [3.8, 4) is 11.4 Å². The monoisotopic (exact) mass is 462 g/mol. The molecule has 8 nitrogen and oxygen atoms in total. The van der Waals surface area contributed by atoms with E-state index in [4.69, 9.17) is 4.74 Å². The van der Waals surface area contributed by atoms with Gasteiger partial charge in [0.05, 0.1) is 37.4 Å². The van der Waals surface area contributed by atoms with Crippen LogP contribution in [0.2, 0.25) is 0 Å². The van der Waals surface area contributed by atoms with Crippen LogP contribution in [0.3, 0.4) is 0 Å². The van der Waals surface area contributed by atoms with E-state index >= 15 is 0 Å². The third-order valence-electron chi connectivity index (χ3n) is 7.34. The van der Waals surface area contributed by atoms with E-state index in [-0.39, 0.29) is 11.6 Å². The summed E-state index contributed by atoms with van der Waals surface area (Å²) in [5.74, 6) is 1.54. The molecule has 3 aromatic heterocycles. The first-order valence-electron chi connectivity index (χ1n) is 12.3. The fourth-order valence-corrected chi connectivity index (χ4v) is 4.90. The van der Waals surface area contributed by atoms with Gasteiger partial charge in [-0.1, -0.05) is 6.42 Å². The highest BCUT2D eigenvalue weighted by Gasteiger charge is 2.23. The summed E-state index contributed by atoms with van der Waals surface area (Å²) >= 11 is 0. The van der Waals surface area contributed by atoms with Crippen molar-refractivity contribution < 1.29 is 4.74 Å². The summed E-state index contributed by atoms with van der Waals surface area (Å²) in [6.45, 7) is 5.12. The summed E-state index contributed by atoms with van der Waals surface area (Å²) in [7, 11) is 1.61. The van der Waals surface area contributed by atoms with Gasteiger partial charge in [-0.25, -0.2) is 4.68 Å². The van der Waals surface area contributed by atoms with Crippen LogP contribution < -0.4 is 20.5 Å². The van der Waals surface area contributed by atoms with Gasteiger partial charge in [0.1, 0.15) is 5.75 Å². The van der Waals surface area contributed by atoms with Gasteiger partial charge in [-0.15, -0.1) is 0 Å². The van der Waals surface area contributed by atoms with Crippen molar-refractivity contribution in [3.63, 3.8) is 0 Å². The smallest absolute Gasteiger partial charge is 0.253 e. The zero-order chi connectivity index (χ0) is 23.5. The number of piperidine rings is 1. The highest BCUT2D eigenvalue weighted by molar-refractivity contribution is 5.46. The number of rotatable bonds is 8. The second-order valence-corrected chi connectivity index (χ2v) is 9.60. The van der Waals surface area contributed by atoms with Gasteiger partial charge in [0.2, 0.25) is 0 Å². The Morgan fingerprint density at radius 2 is 2.03 bits per heavy atom. The van der Waals surface area contributed by atoms with Crippen molar-refractivity contribution >= 4 is 5.69 Å². The van der Waals surface area contributed by atoms with E-state index in [1.54, 1.807) is 41.0 Å². The first-order valence-corrected chi connectivity index (χ1v) is 12.3. The van der Waals surface area contributed by atoms with Crippen molar-refractivity contribution in [1.82, 2.24) is 24.6 Å². The number of pyridine rings is 2. The van der Waals surface area contributed by atoms with Crippen molar-refractivity contribution in [2.75, 3.05) is 31.6 Å². The van der Waals surface area contributed by atoms with Gasteiger partial charge < -0.3 is 19.5 Å². The van der Waals surface area contributed by atoms with Crippen LogP contribution in [0.25, 0.3) is 5.69 Å². The predicted octanol–water partition coefficient (Wildman–Crippen LogP) is 3.41. The molecule has 1 saturated carbocycles. The minimum absolute atomic E-state index is 0.00495. The Balaban J connectivity index is 1.27. The minimum Gasteiger partial charge on any atom is -0.495 e. The first-order chi connectivity index (χ1) is 16.6. The molecule has 8 heteroatoms. The van der Waals surface area contributed by atoms with E-state index in [1.165, 1.54) is 25.7 Å². The molecule has 1 N–H and O–H groups in total. The summed E-state index contributed by atoms with van der Waals surface area (Å²) in [6.07, 6.45) is 15.5. The molecule has 1 aliphatic carbocycles. The maximum Gasteiger partial charge on any atom is 0.253 e. The van der Waals surface area contributed by atoms with E-state index in [2.05, 4.69) is 26.4 Å². The van der Waals surface area contributed by atoms with E-state index in [0.717, 1.165) is 48.9 Å². The van der Waals surface area contributed by atoms with Gasteiger partial charge >= 0.3 is 0 Å². The van der Waals surface area contributed by atoms with Crippen molar-refractivity contribution in [3.05, 3.63) is 65.1 Å². The Bertz CT molecular complexity index is 1170. The number of hydrogen-bond donors (Lipinski definition) is 1. The van der Waals surface area contributed by atoms with Crippen LogP contribution in [0.5, 0.6) is 5.75 Å². The fourth-order valence-electron chi connectivity index (χ4n) is 4.90. The van der Waals surface area contributed by atoms with E-state index < -0.39 is 0 Å². The molecule has 2 fully saturated rings. The zero-order valence-corrected chi connectivity index (χ0v) is 20.1. The summed E-state index contributed by atoms with van der Waals surface area (Å²) in [5.41, 5.74) is 2.79. The van der Waals surface area contributed by atoms with E-state index in [0.29, 0.717) is 11.8 Å². The van der Waals surface area contributed by atoms with Crippen molar-refractivity contribution in [2.45, 2.75) is 51.1 Å². The Hall–Kier alpha value is -3.13. The summed E-state index contributed by atoms with van der Waals surface area (Å²) in [5, 5.41) is 8.23. The van der Waals surface area contributed by atoms with Gasteiger partial charge in [0, 0.05) is 54.9 Å². The third kappa shape index (κ3) is 4.87. The second kappa shape index (κ2) is 10.0. The van der Waals surface area contributed by atoms with Gasteiger partial charge in [-0.05, 0) is 51.1 Å². The van der Waals surface area contributed by atoms with Crippen LogP contribution in [-0.4, -0.2) is 52.1 Å². The van der Waals surface area contributed by atoms with Crippen LogP contribution >= 0.6 is 0 Å². The fraction of sp³-hybridized carbons (Fsp3) is 0.500. The quantitative estimate of drug-likeness (QED) is 0.553. The molecule has 5 rings (SSSR count). The number of methoxy groups -OCH3 is 1. The average molecular weight is 463 g/mol. The molecule has 0 spiro atoms. The molecule has 2 aliphatic rings. The summed E-state index contributed by atoms with van der Waals surface area (Å²) in [6, 6.07) is 6.10. The van der Waals surface area contributed by atoms with Crippen LogP contribution in [0.15, 0.2) is 54.0 Å². The number of anilines is 1. The molecular weight excluding hydrogens is 428 g/mol. The Labute approximate surface area is 200 Å². The minimum atomic E-state index is -0.132. The molecule has 0 aromatic carbocycles. The van der Waals surface area contributed by atoms with Crippen LogP contribution in [0.1, 0.15) is 50.6 Å². The SMILES string of the molecule is COc1cncc(-n2cc(C(C)n3ccc(N4CCC[C@@H](NCC5CCC5)C4)cc3=O)cn2)c1. The highest BCUT2D eigenvalue weighted by Crippen LogP contribution is 2.26. The summed E-state index contributed by atoms with van der Waals surface area (Å²) < 4.78 is 8.78. The molecule has 1 unspecified atom stereocenters. The molecule has 0 amide bonds. The molecule has 34 heavy (non-hydrogen) atoms. The van der Waals surface area contributed by atoms with Gasteiger partial charge in [-0.3, -0.25) is 9.78 Å². The van der Waals surface area contributed by atoms with Gasteiger partial charge in [0.15, 0.2) is 0 Å². The molecule has 3 aromatic rings. The molecule has 1 aliphatic heterocycles. The molecule has 0 bridgehead atoms. The molecule has 0 radical (unpaired) electrons. The number of hydrogen-bond acceptors (Lipinski definition) is 6. The van der Waals surface area contributed by atoms with Crippen molar-refractivity contribution in [2.24, 2.45) is 5.92 Å². The molecule has 4 heterocycles. The molecular formula is C26H34N6O2. The largest absolute Gasteiger partial charge is 0.495 e. The van der Waals surface area contributed by atoms with E-state index in [1.807, 2.05) is 25.4 Å². The van der Waals surface area contributed by atoms with E-state index in [9.17, 15) is 4.79 Å². The number of aromatic nitrogens is 4.